The second-order valence-electron chi connectivity index (χ2n) is 8.06. The van der Waals surface area contributed by atoms with E-state index in [1.165, 1.54) is 4.90 Å². The minimum atomic E-state index is -0.635. The van der Waals surface area contributed by atoms with Gasteiger partial charge >= 0.3 is 12.0 Å². The van der Waals surface area contributed by atoms with Gasteiger partial charge in [-0.2, -0.15) is 0 Å². The average molecular weight is 421 g/mol. The van der Waals surface area contributed by atoms with Gasteiger partial charge in [-0.1, -0.05) is 48.5 Å². The molecule has 2 aromatic carbocycles. The Kier molecular flexibility index (Phi) is 6.26. The van der Waals surface area contributed by atoms with Crippen LogP contribution in [-0.4, -0.2) is 30.1 Å². The molecule has 1 fully saturated rings. The van der Waals surface area contributed by atoms with E-state index in [1.54, 1.807) is 14.0 Å². The summed E-state index contributed by atoms with van der Waals surface area (Å²) >= 11 is 0. The van der Waals surface area contributed by atoms with Crippen LogP contribution in [0.1, 0.15) is 49.8 Å². The first-order chi connectivity index (χ1) is 15.0. The number of allylic oxidation sites excluding steroid dienone is 1. The minimum Gasteiger partial charge on any atom is -0.489 e. The first-order valence-electron chi connectivity index (χ1n) is 10.8. The van der Waals surface area contributed by atoms with Gasteiger partial charge in [-0.05, 0) is 44.2 Å². The van der Waals surface area contributed by atoms with Gasteiger partial charge in [0.05, 0.1) is 11.6 Å². The largest absolute Gasteiger partial charge is 0.489 e. The lowest BCUT2D eigenvalue weighted by atomic mass is 9.94. The maximum atomic E-state index is 13.2. The van der Waals surface area contributed by atoms with Crippen molar-refractivity contribution in [3.05, 3.63) is 77.0 Å². The van der Waals surface area contributed by atoms with Crippen LogP contribution in [0.3, 0.4) is 0 Å². The highest BCUT2D eigenvalue weighted by molar-refractivity contribution is 5.95. The molecule has 6 nitrogen and oxygen atoms in total. The Hall–Kier alpha value is -3.28. The maximum Gasteiger partial charge on any atom is 0.338 e. The molecule has 1 aliphatic heterocycles. The molecule has 31 heavy (non-hydrogen) atoms. The first kappa shape index (κ1) is 21.0. The van der Waals surface area contributed by atoms with Crippen LogP contribution in [0.2, 0.25) is 0 Å². The molecule has 1 saturated carbocycles. The normalized spacial score (nSPS) is 19.4. The van der Waals surface area contributed by atoms with E-state index >= 15 is 0 Å². The number of esters is 1. The lowest BCUT2D eigenvalue weighted by Gasteiger charge is -2.34. The predicted octanol–water partition coefficient (Wildman–Crippen LogP) is 4.72. The second kappa shape index (κ2) is 9.25. The number of nitrogens with zero attached hydrogens (tertiary/aromatic N) is 1. The van der Waals surface area contributed by atoms with Gasteiger partial charge in [0.1, 0.15) is 18.5 Å². The molecule has 1 atom stereocenters. The van der Waals surface area contributed by atoms with Crippen molar-refractivity contribution >= 4 is 12.0 Å². The van der Waals surface area contributed by atoms with Gasteiger partial charge in [0.25, 0.3) is 0 Å². The minimum absolute atomic E-state index is 0.0547. The van der Waals surface area contributed by atoms with E-state index in [-0.39, 0.29) is 18.1 Å². The van der Waals surface area contributed by atoms with Crippen molar-refractivity contribution in [1.82, 2.24) is 10.2 Å². The molecule has 1 aliphatic carbocycles. The van der Waals surface area contributed by atoms with E-state index in [9.17, 15) is 9.59 Å². The fourth-order valence-electron chi connectivity index (χ4n) is 4.14. The van der Waals surface area contributed by atoms with Crippen molar-refractivity contribution < 1.29 is 19.1 Å². The summed E-state index contributed by atoms with van der Waals surface area (Å²) in [6.07, 6.45) is 3.88. The summed E-state index contributed by atoms with van der Waals surface area (Å²) in [5, 5.41) is 2.96. The summed E-state index contributed by atoms with van der Waals surface area (Å²) in [7, 11) is 1.65. The van der Waals surface area contributed by atoms with Crippen molar-refractivity contribution in [3.63, 3.8) is 0 Å². The Morgan fingerprint density at radius 2 is 1.74 bits per heavy atom. The monoisotopic (exact) mass is 420 g/mol. The highest BCUT2D eigenvalue weighted by atomic mass is 16.5. The summed E-state index contributed by atoms with van der Waals surface area (Å²) in [4.78, 5) is 27.2. The zero-order valence-electron chi connectivity index (χ0n) is 18.0. The standard InChI is InChI=1S/C25H28N2O4/c1-17-22(24(28)31-19-12-6-7-13-19)23(26-25(29)27(17)2)20-14-8-9-15-21(20)30-16-18-10-4-3-5-11-18/h3-5,8-11,14-15,19,23H,6-7,12-13,16H2,1-2H3,(H,26,29). The number of hydrogen-bond donors (Lipinski definition) is 1. The number of urea groups is 1. The van der Waals surface area contributed by atoms with Crippen molar-refractivity contribution in [2.24, 2.45) is 0 Å². The summed E-state index contributed by atoms with van der Waals surface area (Å²) in [5.41, 5.74) is 2.81. The van der Waals surface area contributed by atoms with Crippen LogP contribution in [-0.2, 0) is 16.1 Å². The second-order valence-corrected chi connectivity index (χ2v) is 8.06. The van der Waals surface area contributed by atoms with E-state index in [0.29, 0.717) is 23.6 Å². The number of ether oxygens (including phenoxy) is 2. The third-order valence-corrected chi connectivity index (χ3v) is 6.02. The molecule has 1 unspecified atom stereocenters. The zero-order chi connectivity index (χ0) is 21.8. The third kappa shape index (κ3) is 4.58. The fourth-order valence-corrected chi connectivity index (χ4v) is 4.14. The third-order valence-electron chi connectivity index (χ3n) is 6.02. The van der Waals surface area contributed by atoms with Crippen LogP contribution in [0.15, 0.2) is 65.9 Å². The van der Waals surface area contributed by atoms with Crippen molar-refractivity contribution in [1.29, 1.82) is 0 Å². The maximum absolute atomic E-state index is 13.2. The topological polar surface area (TPSA) is 67.9 Å². The molecule has 1 heterocycles. The number of benzene rings is 2. The molecule has 0 bridgehead atoms. The van der Waals surface area contributed by atoms with Crippen LogP contribution in [0, 0.1) is 0 Å². The number of carbonyl (C=O) groups is 2. The highest BCUT2D eigenvalue weighted by Crippen LogP contribution is 2.36. The molecule has 0 radical (unpaired) electrons. The van der Waals surface area contributed by atoms with Crippen LogP contribution >= 0.6 is 0 Å². The molecule has 2 aliphatic rings. The van der Waals surface area contributed by atoms with Crippen LogP contribution in [0.4, 0.5) is 4.79 Å². The van der Waals surface area contributed by atoms with E-state index in [4.69, 9.17) is 9.47 Å². The predicted molar refractivity (Wildman–Crippen MR) is 117 cm³/mol. The Bertz CT molecular complexity index is 980. The van der Waals surface area contributed by atoms with E-state index in [2.05, 4.69) is 5.32 Å². The summed E-state index contributed by atoms with van der Waals surface area (Å²) in [5.74, 6) is 0.249. The van der Waals surface area contributed by atoms with Gasteiger partial charge in [0.15, 0.2) is 0 Å². The van der Waals surface area contributed by atoms with Crippen LogP contribution in [0.5, 0.6) is 5.75 Å². The number of para-hydroxylation sites is 1. The lowest BCUT2D eigenvalue weighted by molar-refractivity contribution is -0.144. The molecule has 2 aromatic rings. The van der Waals surface area contributed by atoms with Gasteiger partial charge < -0.3 is 19.7 Å². The van der Waals surface area contributed by atoms with Crippen LogP contribution < -0.4 is 10.1 Å². The van der Waals surface area contributed by atoms with Gasteiger partial charge in [-0.3, -0.25) is 0 Å². The SMILES string of the molecule is CC1=C(C(=O)OC2CCCC2)C(c2ccccc2OCc2ccccc2)NC(=O)N1C. The molecule has 4 rings (SSSR count). The molecular weight excluding hydrogens is 392 g/mol. The van der Waals surface area contributed by atoms with E-state index < -0.39 is 6.04 Å². The number of nitrogens with one attached hydrogen (secondary N) is 1. The molecule has 0 saturated heterocycles. The van der Waals surface area contributed by atoms with Gasteiger partial charge in [0, 0.05) is 18.3 Å². The zero-order valence-corrected chi connectivity index (χ0v) is 18.0. The summed E-state index contributed by atoms with van der Waals surface area (Å²) in [6, 6.07) is 16.5. The van der Waals surface area contributed by atoms with Crippen molar-refractivity contribution in [3.8, 4) is 5.75 Å². The number of hydrogen-bond acceptors (Lipinski definition) is 4. The van der Waals surface area contributed by atoms with E-state index in [0.717, 1.165) is 36.8 Å². The molecule has 6 heteroatoms. The number of rotatable bonds is 6. The van der Waals surface area contributed by atoms with Crippen molar-refractivity contribution in [2.75, 3.05) is 7.05 Å². The van der Waals surface area contributed by atoms with Gasteiger partial charge in [0.2, 0.25) is 0 Å². The smallest absolute Gasteiger partial charge is 0.338 e. The molecule has 0 aromatic heterocycles. The quantitative estimate of drug-likeness (QED) is 0.687. The Balaban J connectivity index is 1.64. The van der Waals surface area contributed by atoms with Gasteiger partial charge in [-0.25, -0.2) is 9.59 Å². The fraction of sp³-hybridized carbons (Fsp3) is 0.360. The average Bonchev–Trinajstić information content (AvgIpc) is 3.29. The Morgan fingerprint density at radius 3 is 2.48 bits per heavy atom. The number of carbonyl (C=O) groups excluding carboxylic acids is 2. The number of amides is 2. The van der Waals surface area contributed by atoms with Crippen LogP contribution in [0.25, 0.3) is 0 Å². The molecule has 1 N–H and O–H groups in total. The molecule has 0 spiro atoms. The Labute approximate surface area is 182 Å². The lowest BCUT2D eigenvalue weighted by Crippen LogP contribution is -2.46. The highest BCUT2D eigenvalue weighted by Gasteiger charge is 2.37. The molecule has 162 valence electrons. The summed E-state index contributed by atoms with van der Waals surface area (Å²) in [6.45, 7) is 2.17. The Morgan fingerprint density at radius 1 is 1.06 bits per heavy atom. The van der Waals surface area contributed by atoms with Crippen molar-refractivity contribution in [2.45, 2.75) is 51.4 Å². The van der Waals surface area contributed by atoms with E-state index in [1.807, 2.05) is 54.6 Å². The first-order valence-corrected chi connectivity index (χ1v) is 10.8. The summed E-state index contributed by atoms with van der Waals surface area (Å²) < 4.78 is 11.9. The molecular formula is C25H28N2O4. The van der Waals surface area contributed by atoms with Gasteiger partial charge in [-0.15, -0.1) is 0 Å². The molecule has 2 amide bonds.